The van der Waals surface area contributed by atoms with Gasteiger partial charge in [0.25, 0.3) is 5.56 Å². The van der Waals surface area contributed by atoms with Gasteiger partial charge in [-0.25, -0.2) is 4.52 Å². The maximum atomic E-state index is 12.1. The van der Waals surface area contributed by atoms with E-state index in [0.29, 0.717) is 17.8 Å². The van der Waals surface area contributed by atoms with Gasteiger partial charge in [0.2, 0.25) is 0 Å². The van der Waals surface area contributed by atoms with Crippen LogP contribution in [-0.2, 0) is 0 Å². The number of nitrogens with zero attached hydrogens (tertiary/aromatic N) is 3. The van der Waals surface area contributed by atoms with Crippen LogP contribution in [0.15, 0.2) is 17.1 Å². The highest BCUT2D eigenvalue weighted by atomic mass is 16.1. The molecule has 1 aliphatic heterocycles. The van der Waals surface area contributed by atoms with Gasteiger partial charge in [-0.2, -0.15) is 5.10 Å². The number of H-pyrrole nitrogens is 1. The average Bonchev–Trinajstić information content (AvgIpc) is 3.27. The smallest absolute Gasteiger partial charge is 0.251 e. The third-order valence-corrected chi connectivity index (χ3v) is 5.21. The van der Waals surface area contributed by atoms with E-state index in [1.54, 1.807) is 6.07 Å². The number of fused-ring (bicyclic) bond motifs is 1. The molecule has 0 atom stereocenters. The standard InChI is InChI=1S/C18H26N4O/c1-12(2)11-21-7-5-14(6-8-21)16-9-17(23)20-18-15(13-3-4-13)10-19-22(16)18/h9-10,12-14H,3-8,11H2,1-2H3,(H,20,23). The molecule has 0 radical (unpaired) electrons. The Labute approximate surface area is 136 Å². The lowest BCUT2D eigenvalue weighted by atomic mass is 9.92. The number of likely N-dealkylation sites (tertiary alicyclic amines) is 1. The highest BCUT2D eigenvalue weighted by Crippen LogP contribution is 2.41. The van der Waals surface area contributed by atoms with Crippen LogP contribution in [0.3, 0.4) is 0 Å². The van der Waals surface area contributed by atoms with Crippen LogP contribution in [0.25, 0.3) is 5.65 Å². The first-order chi connectivity index (χ1) is 11.1. The Kier molecular flexibility index (Phi) is 3.76. The van der Waals surface area contributed by atoms with E-state index in [1.807, 2.05) is 10.7 Å². The zero-order valence-electron chi connectivity index (χ0n) is 14.1. The summed E-state index contributed by atoms with van der Waals surface area (Å²) >= 11 is 0. The molecule has 1 aliphatic carbocycles. The van der Waals surface area contributed by atoms with Crippen LogP contribution in [0.2, 0.25) is 0 Å². The lowest BCUT2D eigenvalue weighted by Gasteiger charge is -2.33. The highest BCUT2D eigenvalue weighted by molar-refractivity contribution is 5.50. The molecule has 1 saturated heterocycles. The van der Waals surface area contributed by atoms with Gasteiger partial charge >= 0.3 is 0 Å². The summed E-state index contributed by atoms with van der Waals surface area (Å²) in [6.07, 6.45) is 6.64. The molecule has 2 fully saturated rings. The molecule has 124 valence electrons. The Morgan fingerprint density at radius 2 is 1.96 bits per heavy atom. The molecule has 5 heteroatoms. The van der Waals surface area contributed by atoms with Gasteiger partial charge in [-0.3, -0.25) is 4.79 Å². The van der Waals surface area contributed by atoms with Gasteiger partial charge in [0.15, 0.2) is 0 Å². The van der Waals surface area contributed by atoms with Crippen LogP contribution in [0.4, 0.5) is 0 Å². The van der Waals surface area contributed by atoms with Gasteiger partial charge < -0.3 is 9.88 Å². The second-order valence-corrected chi connectivity index (χ2v) is 7.66. The quantitative estimate of drug-likeness (QED) is 0.944. The van der Waals surface area contributed by atoms with Crippen molar-refractivity contribution in [2.75, 3.05) is 19.6 Å². The molecular weight excluding hydrogens is 288 g/mol. The van der Waals surface area contributed by atoms with E-state index in [4.69, 9.17) is 0 Å². The predicted molar refractivity (Wildman–Crippen MR) is 91.0 cm³/mol. The lowest BCUT2D eigenvalue weighted by molar-refractivity contribution is 0.190. The second-order valence-electron chi connectivity index (χ2n) is 7.66. The molecule has 0 bridgehead atoms. The topological polar surface area (TPSA) is 53.4 Å². The molecule has 0 unspecified atom stereocenters. The van der Waals surface area contributed by atoms with E-state index in [-0.39, 0.29) is 5.56 Å². The zero-order chi connectivity index (χ0) is 16.0. The average molecular weight is 314 g/mol. The third-order valence-electron chi connectivity index (χ3n) is 5.21. The first kappa shape index (κ1) is 14.9. The van der Waals surface area contributed by atoms with Crippen LogP contribution < -0.4 is 5.56 Å². The van der Waals surface area contributed by atoms with Gasteiger partial charge in [0, 0.05) is 24.1 Å². The highest BCUT2D eigenvalue weighted by Gasteiger charge is 2.29. The monoisotopic (exact) mass is 314 g/mol. The molecule has 0 spiro atoms. The van der Waals surface area contributed by atoms with Crippen molar-refractivity contribution in [1.82, 2.24) is 19.5 Å². The summed E-state index contributed by atoms with van der Waals surface area (Å²) in [7, 11) is 0. The van der Waals surface area contributed by atoms with Crippen LogP contribution in [0.5, 0.6) is 0 Å². The van der Waals surface area contributed by atoms with E-state index in [1.165, 1.54) is 24.9 Å². The van der Waals surface area contributed by atoms with Crippen LogP contribution in [0.1, 0.15) is 62.6 Å². The van der Waals surface area contributed by atoms with Gasteiger partial charge in [-0.05, 0) is 50.6 Å². The number of piperidine rings is 1. The van der Waals surface area contributed by atoms with E-state index in [2.05, 4.69) is 28.8 Å². The van der Waals surface area contributed by atoms with E-state index in [0.717, 1.165) is 37.3 Å². The van der Waals surface area contributed by atoms with Crippen molar-refractivity contribution in [1.29, 1.82) is 0 Å². The predicted octanol–water partition coefficient (Wildman–Crippen LogP) is 2.74. The van der Waals surface area contributed by atoms with Crippen molar-refractivity contribution in [3.05, 3.63) is 33.9 Å². The van der Waals surface area contributed by atoms with Crippen molar-refractivity contribution in [2.45, 2.75) is 51.4 Å². The number of hydrogen-bond donors (Lipinski definition) is 1. The SMILES string of the molecule is CC(C)CN1CCC(c2cc(=O)[nH]c3c(C4CC4)cnn23)CC1. The number of hydrogen-bond acceptors (Lipinski definition) is 3. The minimum Gasteiger partial charge on any atom is -0.307 e. The molecule has 2 aliphatic rings. The number of aromatic nitrogens is 3. The van der Waals surface area contributed by atoms with E-state index >= 15 is 0 Å². The summed E-state index contributed by atoms with van der Waals surface area (Å²) in [5.41, 5.74) is 3.26. The minimum atomic E-state index is 0.0134. The number of rotatable bonds is 4. The Morgan fingerprint density at radius 1 is 1.22 bits per heavy atom. The van der Waals surface area contributed by atoms with Gasteiger partial charge in [-0.15, -0.1) is 0 Å². The molecule has 23 heavy (non-hydrogen) atoms. The van der Waals surface area contributed by atoms with Crippen molar-refractivity contribution in [2.24, 2.45) is 5.92 Å². The van der Waals surface area contributed by atoms with Crippen LogP contribution in [0, 0.1) is 5.92 Å². The molecular formula is C18H26N4O. The molecule has 1 saturated carbocycles. The summed E-state index contributed by atoms with van der Waals surface area (Å²) in [6.45, 7) is 7.96. The van der Waals surface area contributed by atoms with Crippen molar-refractivity contribution in [3.63, 3.8) is 0 Å². The first-order valence-electron chi connectivity index (χ1n) is 8.95. The van der Waals surface area contributed by atoms with Crippen molar-refractivity contribution in [3.8, 4) is 0 Å². The fourth-order valence-electron chi connectivity index (χ4n) is 3.94. The van der Waals surface area contributed by atoms with E-state index in [9.17, 15) is 4.79 Å². The Balaban J connectivity index is 1.61. The molecule has 0 aromatic carbocycles. The lowest BCUT2D eigenvalue weighted by Crippen LogP contribution is -2.36. The maximum Gasteiger partial charge on any atom is 0.251 e. The summed E-state index contributed by atoms with van der Waals surface area (Å²) in [5.74, 6) is 1.76. The fourth-order valence-corrected chi connectivity index (χ4v) is 3.94. The van der Waals surface area contributed by atoms with Crippen molar-refractivity contribution >= 4 is 5.65 Å². The summed E-state index contributed by atoms with van der Waals surface area (Å²) < 4.78 is 2.00. The molecule has 4 rings (SSSR count). The minimum absolute atomic E-state index is 0.0134. The normalized spacial score (nSPS) is 20.7. The third kappa shape index (κ3) is 2.94. The van der Waals surface area contributed by atoms with Crippen LogP contribution in [-0.4, -0.2) is 39.1 Å². The zero-order valence-corrected chi connectivity index (χ0v) is 14.1. The molecule has 0 amide bonds. The maximum absolute atomic E-state index is 12.1. The number of aromatic amines is 1. The molecule has 1 N–H and O–H groups in total. The Bertz CT molecular complexity index is 748. The number of nitrogens with one attached hydrogen (secondary N) is 1. The Hall–Kier alpha value is -1.62. The molecule has 2 aromatic heterocycles. The summed E-state index contributed by atoms with van der Waals surface area (Å²) in [5, 5.41) is 4.60. The first-order valence-corrected chi connectivity index (χ1v) is 8.95. The fraction of sp³-hybridized carbons (Fsp3) is 0.667. The van der Waals surface area contributed by atoms with Crippen molar-refractivity contribution < 1.29 is 0 Å². The summed E-state index contributed by atoms with van der Waals surface area (Å²) in [6, 6.07) is 1.76. The molecule has 3 heterocycles. The van der Waals surface area contributed by atoms with Gasteiger partial charge in [-0.1, -0.05) is 13.8 Å². The Morgan fingerprint density at radius 3 is 2.61 bits per heavy atom. The summed E-state index contributed by atoms with van der Waals surface area (Å²) in [4.78, 5) is 17.7. The second kappa shape index (κ2) is 5.78. The largest absolute Gasteiger partial charge is 0.307 e. The van der Waals surface area contributed by atoms with Gasteiger partial charge in [0.1, 0.15) is 5.65 Å². The molecule has 5 nitrogen and oxygen atoms in total. The molecule has 2 aromatic rings. The van der Waals surface area contributed by atoms with E-state index < -0.39 is 0 Å². The van der Waals surface area contributed by atoms with Gasteiger partial charge in [0.05, 0.1) is 11.9 Å². The van der Waals surface area contributed by atoms with Crippen LogP contribution >= 0.6 is 0 Å².